The summed E-state index contributed by atoms with van der Waals surface area (Å²) in [7, 11) is 0. The normalized spacial score (nSPS) is 11.3. The minimum atomic E-state index is -2.30. The highest BCUT2D eigenvalue weighted by molar-refractivity contribution is 8.68. The van der Waals surface area contributed by atoms with Crippen LogP contribution >= 0.6 is 76.3 Å². The Hall–Kier alpha value is 1.68. The van der Waals surface area contributed by atoms with E-state index in [9.17, 15) is 0 Å². The number of halogens is 3. The van der Waals surface area contributed by atoms with E-state index >= 15 is 0 Å². The van der Waals surface area contributed by atoms with Crippen molar-refractivity contribution in [3.8, 4) is 0 Å². The lowest BCUT2D eigenvalue weighted by Crippen LogP contribution is -1.96. The maximum Gasteiger partial charge on any atom is 0.247 e. The number of benzene rings is 2. The van der Waals surface area contributed by atoms with E-state index < -0.39 is 17.9 Å². The van der Waals surface area contributed by atoms with Crippen molar-refractivity contribution in [3.63, 3.8) is 0 Å². The van der Waals surface area contributed by atoms with Gasteiger partial charge in [-0.25, -0.2) is 0 Å². The summed E-state index contributed by atoms with van der Waals surface area (Å²) in [6.07, 6.45) is 0. The summed E-state index contributed by atoms with van der Waals surface area (Å²) < 4.78 is 33.2. The van der Waals surface area contributed by atoms with Crippen LogP contribution in [0, 0.1) is 0 Å². The highest BCUT2D eigenvalue weighted by Gasteiger charge is 2.22. The maximum absolute atomic E-state index is 5.72. The highest BCUT2D eigenvalue weighted by Crippen LogP contribution is 2.63. The highest BCUT2D eigenvalue weighted by atomic mass is 35.5. The first kappa shape index (κ1) is 53.0. The molecule has 0 atom stereocenters. The molecule has 0 amide bonds. The van der Waals surface area contributed by atoms with Crippen LogP contribution in [-0.2, 0) is 85.8 Å². The fourth-order valence-corrected chi connectivity index (χ4v) is 14.5. The average Bonchev–Trinajstić information content (AvgIpc) is 3.00. The molecule has 2 rings (SSSR count). The van der Waals surface area contributed by atoms with E-state index in [1.165, 1.54) is 11.1 Å². The van der Waals surface area contributed by atoms with Crippen LogP contribution < -0.4 is 6.15 Å². The van der Waals surface area contributed by atoms with Crippen LogP contribution in [-0.4, -0.2) is 46.3 Å². The number of alkyl halides is 2. The predicted octanol–water partition coefficient (Wildman–Crippen LogP) is 12.5. The molecule has 0 saturated carbocycles. The molecule has 0 aliphatic carbocycles. The van der Waals surface area contributed by atoms with Gasteiger partial charge in [0.1, 0.15) is 0 Å². The van der Waals surface area contributed by atoms with Gasteiger partial charge in [0, 0.05) is 29.9 Å². The summed E-state index contributed by atoms with van der Waals surface area (Å²) in [6.45, 7) is 15.1. The zero-order valence-electron chi connectivity index (χ0n) is 28.4. The molecule has 0 spiro atoms. The van der Waals surface area contributed by atoms with Crippen LogP contribution in [0.25, 0.3) is 0 Å². The molecule has 47 heavy (non-hydrogen) atoms. The van der Waals surface area contributed by atoms with Gasteiger partial charge < -0.3 is 33.3 Å². The van der Waals surface area contributed by atoms with Gasteiger partial charge in [-0.1, -0.05) is 71.3 Å². The largest absolute Gasteiger partial charge is 0.344 e. The van der Waals surface area contributed by atoms with Crippen molar-refractivity contribution in [2.45, 2.75) is 64.8 Å². The zero-order chi connectivity index (χ0) is 34.2. The number of rotatable bonds is 20. The lowest BCUT2D eigenvalue weighted by Gasteiger charge is -2.22. The molecule has 276 valence electrons. The fourth-order valence-electron chi connectivity index (χ4n) is 3.32. The van der Waals surface area contributed by atoms with Gasteiger partial charge in [0.05, 0.1) is 39.6 Å². The lowest BCUT2D eigenvalue weighted by atomic mass is 10.1. The Balaban J connectivity index is -0.000000756. The molecule has 2 aromatic rings. The molecule has 0 radical (unpaired) electrons. The van der Waals surface area contributed by atoms with Crippen molar-refractivity contribution in [3.05, 3.63) is 70.8 Å². The fraction of sp³-hybridized carbons (Fsp3) is 0.586. The lowest BCUT2D eigenvalue weighted by molar-refractivity contribution is 0.271. The second-order valence-corrected chi connectivity index (χ2v) is 25.7. The summed E-state index contributed by atoms with van der Waals surface area (Å²) in [5.74, 6) is 2.59. The van der Waals surface area contributed by atoms with Gasteiger partial charge in [0.25, 0.3) is 0 Å². The summed E-state index contributed by atoms with van der Waals surface area (Å²) in [4.78, 5) is 0. The summed E-state index contributed by atoms with van der Waals surface area (Å²) in [5, 5.41) is 0. The molecule has 0 aliphatic rings. The molecule has 0 aliphatic heterocycles. The number of hydrogen-bond acceptors (Lipinski definition) is 12. The Morgan fingerprint density at radius 2 is 0.787 bits per heavy atom. The Morgan fingerprint density at radius 3 is 1.02 bits per heavy atom. The van der Waals surface area contributed by atoms with Crippen LogP contribution in [0.4, 0.5) is 0 Å². The molecule has 0 saturated heterocycles. The minimum Gasteiger partial charge on any atom is -0.344 e. The third-order valence-corrected chi connectivity index (χ3v) is 18.7. The Labute approximate surface area is 324 Å². The predicted molar refractivity (Wildman–Crippen MR) is 225 cm³/mol. The molecule has 0 aromatic heterocycles. The molecule has 3 N–H and O–H groups in total. The number of hydrogen-bond donors (Lipinski definition) is 1. The molecule has 18 heteroatoms. The minimum absolute atomic E-state index is 0. The van der Waals surface area contributed by atoms with E-state index in [1.807, 2.05) is 84.6 Å². The molecule has 0 bridgehead atoms. The Kier molecular flexibility index (Phi) is 35.2. The van der Waals surface area contributed by atoms with Crippen LogP contribution in [0.5, 0.6) is 0 Å². The molecule has 7 nitrogen and oxygen atoms in total. The second-order valence-electron chi connectivity index (χ2n) is 8.52. The maximum atomic E-state index is 5.72. The Morgan fingerprint density at radius 1 is 0.532 bits per heavy atom. The summed E-state index contributed by atoms with van der Waals surface area (Å²) >= 11 is 30.7. The smallest absolute Gasteiger partial charge is 0.247 e. The topological polar surface area (TPSA) is 90.4 Å². The first-order valence-electron chi connectivity index (χ1n) is 14.6. The van der Waals surface area contributed by atoms with Crippen molar-refractivity contribution < 1.29 is 27.1 Å². The second kappa shape index (κ2) is 31.2. The van der Waals surface area contributed by atoms with Crippen LogP contribution in [0.1, 0.15) is 63.8 Å². The van der Waals surface area contributed by atoms with Crippen LogP contribution in [0.2, 0.25) is 0 Å². The van der Waals surface area contributed by atoms with Gasteiger partial charge in [-0.05, 0) is 99.2 Å². The van der Waals surface area contributed by atoms with Crippen molar-refractivity contribution in [2.24, 2.45) is 0 Å². The van der Waals surface area contributed by atoms with Gasteiger partial charge in [-0.2, -0.15) is 0 Å². The van der Waals surface area contributed by atoms with E-state index in [2.05, 4.69) is 12.1 Å². The third kappa shape index (κ3) is 24.5. The monoisotopic (exact) mass is 869 g/mol. The molecular weight excluding hydrogens is 818 g/mol. The van der Waals surface area contributed by atoms with Gasteiger partial charge >= 0.3 is 0 Å². The first-order valence-corrected chi connectivity index (χ1v) is 27.2. The Bertz CT molecular complexity index is 1120. The van der Waals surface area contributed by atoms with Gasteiger partial charge in [-0.3, -0.25) is 0 Å². The van der Waals surface area contributed by atoms with Crippen molar-refractivity contribution in [1.29, 1.82) is 0 Å². The van der Waals surface area contributed by atoms with Gasteiger partial charge in [0.2, 0.25) is 11.4 Å². The standard InChI is InChI=1S/C16H28O4P2S4.C8H8Cl2.C5H13O2PS.ClH.H3N/c1-5-17-21(23,18-6-2)25-13-15-11-9-10-12-16(15)14-26-22(24,19-7-3)20-8-4;9-5-7-3-1-2-4-8(7)6-10;1-4-6-8(3,9)7-5-2;;/h9-12H,5-8,13-14H2,1-4H3;1-4H,5-6H2;4-5H2,1-3H3;1H;1H3. The van der Waals surface area contributed by atoms with E-state index in [0.29, 0.717) is 51.4 Å². The SMILES string of the molecule is CCOP(=S)(OCC)SCc1ccccc1CSP(=S)(OCC)OCC.CCOP(C)(=S)OCC.Cl.ClCc1ccccc1CCl.N. The van der Waals surface area contributed by atoms with Crippen LogP contribution in [0.15, 0.2) is 48.5 Å². The molecule has 0 fully saturated rings. The average molecular weight is 871 g/mol. The molecular formula is C29H53Cl3NO6P3S5. The zero-order valence-corrected chi connectivity index (χ0v) is 37.5. The first-order chi connectivity index (χ1) is 21.4. The van der Waals surface area contributed by atoms with E-state index in [1.54, 1.807) is 22.8 Å². The molecule has 0 heterocycles. The van der Waals surface area contributed by atoms with E-state index in [0.717, 1.165) is 22.6 Å². The van der Waals surface area contributed by atoms with E-state index in [-0.39, 0.29) is 18.6 Å². The van der Waals surface area contributed by atoms with E-state index in [4.69, 9.17) is 85.8 Å². The summed E-state index contributed by atoms with van der Waals surface area (Å²) in [6, 6.07) is 16.2. The quantitative estimate of drug-likeness (QED) is 0.101. The molecule has 2 aromatic carbocycles. The van der Waals surface area contributed by atoms with Gasteiger partial charge in [0.15, 0.2) is 6.49 Å². The third-order valence-electron chi connectivity index (χ3n) is 5.16. The molecule has 0 unspecified atom stereocenters. The van der Waals surface area contributed by atoms with Crippen molar-refractivity contribution >= 4 is 112 Å². The van der Waals surface area contributed by atoms with Crippen molar-refractivity contribution in [1.82, 2.24) is 6.15 Å². The summed E-state index contributed by atoms with van der Waals surface area (Å²) in [5.41, 5.74) is 0.0859. The van der Waals surface area contributed by atoms with Crippen LogP contribution in [0.3, 0.4) is 0 Å². The van der Waals surface area contributed by atoms with Gasteiger partial charge in [-0.15, -0.1) is 35.6 Å². The van der Waals surface area contributed by atoms with Crippen molar-refractivity contribution in [2.75, 3.05) is 46.3 Å².